The van der Waals surface area contributed by atoms with Gasteiger partial charge >= 0.3 is 0 Å². The molecule has 0 saturated carbocycles. The Labute approximate surface area is 122 Å². The van der Waals surface area contributed by atoms with Crippen molar-refractivity contribution < 1.29 is 4.79 Å². The molecule has 2 aromatic rings. The van der Waals surface area contributed by atoms with Crippen molar-refractivity contribution in [2.45, 2.75) is 18.8 Å². The summed E-state index contributed by atoms with van der Waals surface area (Å²) in [4.78, 5) is 13.3. The van der Waals surface area contributed by atoms with Crippen molar-refractivity contribution in [1.82, 2.24) is 19.9 Å². The highest BCUT2D eigenvalue weighted by Gasteiger charge is 2.31. The lowest BCUT2D eigenvalue weighted by Gasteiger charge is -2.15. The molecule has 0 aliphatic carbocycles. The minimum absolute atomic E-state index is 0.00531. The Morgan fingerprint density at radius 1 is 1.35 bits per heavy atom. The predicted octanol–water partition coefficient (Wildman–Crippen LogP) is 1.84. The van der Waals surface area contributed by atoms with Crippen molar-refractivity contribution in [3.63, 3.8) is 0 Å². The predicted molar refractivity (Wildman–Crippen MR) is 78.3 cm³/mol. The maximum atomic E-state index is 11.5. The summed E-state index contributed by atoms with van der Waals surface area (Å²) in [5.74, 6) is 0.666. The van der Waals surface area contributed by atoms with Crippen LogP contribution in [0.1, 0.15) is 22.2 Å². The fourth-order valence-electron chi connectivity index (χ4n) is 2.16. The molecule has 0 N–H and O–H groups in total. The Morgan fingerprint density at radius 2 is 2.10 bits per heavy atom. The smallest absolute Gasteiger partial charge is 0.233 e. The number of thioether (sulfide) groups is 1. The SMILES string of the molecule is Cc1ccc(Cn2cc(C3SCC(=O)N3C)nn2)cc1. The van der Waals surface area contributed by atoms with Gasteiger partial charge in [-0.15, -0.1) is 16.9 Å². The Bertz CT molecular complexity index is 622. The lowest BCUT2D eigenvalue weighted by Crippen LogP contribution is -2.23. The molecule has 1 atom stereocenters. The van der Waals surface area contributed by atoms with Crippen LogP contribution < -0.4 is 0 Å². The fourth-order valence-corrected chi connectivity index (χ4v) is 3.29. The quantitative estimate of drug-likeness (QED) is 0.865. The number of hydrogen-bond acceptors (Lipinski definition) is 4. The van der Waals surface area contributed by atoms with Gasteiger partial charge in [0.05, 0.1) is 18.5 Å². The van der Waals surface area contributed by atoms with Crippen molar-refractivity contribution in [1.29, 1.82) is 0 Å². The van der Waals surface area contributed by atoms with Crippen molar-refractivity contribution in [3.8, 4) is 0 Å². The summed E-state index contributed by atoms with van der Waals surface area (Å²) in [5, 5.41) is 8.34. The maximum absolute atomic E-state index is 11.5. The summed E-state index contributed by atoms with van der Waals surface area (Å²) < 4.78 is 1.82. The van der Waals surface area contributed by atoms with E-state index < -0.39 is 0 Å². The second-order valence-electron chi connectivity index (χ2n) is 4.99. The van der Waals surface area contributed by atoms with Gasteiger partial charge in [0, 0.05) is 7.05 Å². The Hall–Kier alpha value is -1.82. The van der Waals surface area contributed by atoms with Gasteiger partial charge in [-0.3, -0.25) is 4.79 Å². The third-order valence-electron chi connectivity index (χ3n) is 3.38. The molecule has 1 unspecified atom stereocenters. The molecule has 1 amide bonds. The van der Waals surface area contributed by atoms with Crippen LogP contribution in [0.25, 0.3) is 0 Å². The molecule has 1 aromatic heterocycles. The van der Waals surface area contributed by atoms with Crippen LogP contribution in [0.3, 0.4) is 0 Å². The highest BCUT2D eigenvalue weighted by Crippen LogP contribution is 2.35. The Balaban J connectivity index is 1.74. The molecule has 0 radical (unpaired) electrons. The van der Waals surface area contributed by atoms with Gasteiger partial charge in [-0.1, -0.05) is 35.0 Å². The number of carbonyl (C=O) groups excluding carboxylic acids is 1. The number of rotatable bonds is 3. The minimum Gasteiger partial charge on any atom is -0.327 e. The molecule has 1 aromatic carbocycles. The standard InChI is InChI=1S/C14H16N4OS/c1-10-3-5-11(6-4-10)7-18-8-12(15-16-18)14-17(2)13(19)9-20-14/h3-6,8,14H,7,9H2,1-2H3. The van der Waals surface area contributed by atoms with E-state index in [2.05, 4.69) is 41.5 Å². The number of hydrogen-bond donors (Lipinski definition) is 0. The van der Waals surface area contributed by atoms with E-state index in [9.17, 15) is 4.79 Å². The van der Waals surface area contributed by atoms with E-state index in [0.717, 1.165) is 5.69 Å². The first-order valence-electron chi connectivity index (χ1n) is 6.46. The topological polar surface area (TPSA) is 51.0 Å². The Kier molecular flexibility index (Phi) is 3.48. The normalized spacial score (nSPS) is 18.8. The average Bonchev–Trinajstić information content (AvgIpc) is 3.01. The number of carbonyl (C=O) groups is 1. The van der Waals surface area contributed by atoms with Crippen molar-refractivity contribution in [2.24, 2.45) is 0 Å². The molecular formula is C14H16N4OS. The minimum atomic E-state index is -0.00531. The molecule has 5 nitrogen and oxygen atoms in total. The summed E-state index contributed by atoms with van der Waals surface area (Å²) in [7, 11) is 1.81. The van der Waals surface area contributed by atoms with E-state index in [-0.39, 0.29) is 11.3 Å². The third-order valence-corrected chi connectivity index (χ3v) is 4.67. The average molecular weight is 288 g/mol. The molecule has 6 heteroatoms. The molecule has 104 valence electrons. The van der Waals surface area contributed by atoms with Crippen LogP contribution in [-0.4, -0.2) is 38.6 Å². The van der Waals surface area contributed by atoms with E-state index in [1.54, 1.807) is 16.7 Å². The number of amides is 1. The van der Waals surface area contributed by atoms with E-state index >= 15 is 0 Å². The lowest BCUT2D eigenvalue weighted by molar-refractivity contribution is -0.126. The molecular weight excluding hydrogens is 272 g/mol. The van der Waals surface area contributed by atoms with Gasteiger partial charge in [0.2, 0.25) is 5.91 Å². The molecule has 1 saturated heterocycles. The maximum Gasteiger partial charge on any atom is 0.233 e. The van der Waals surface area contributed by atoms with Gasteiger partial charge in [-0.05, 0) is 12.5 Å². The van der Waals surface area contributed by atoms with Crippen LogP contribution >= 0.6 is 11.8 Å². The zero-order valence-electron chi connectivity index (χ0n) is 11.5. The highest BCUT2D eigenvalue weighted by molar-refractivity contribution is 8.00. The van der Waals surface area contributed by atoms with Crippen LogP contribution in [0.15, 0.2) is 30.5 Å². The summed E-state index contributed by atoms with van der Waals surface area (Å²) in [6.45, 7) is 2.77. The Morgan fingerprint density at radius 3 is 2.75 bits per heavy atom. The number of nitrogens with zero attached hydrogens (tertiary/aromatic N) is 4. The molecule has 2 heterocycles. The zero-order valence-corrected chi connectivity index (χ0v) is 12.3. The van der Waals surface area contributed by atoms with E-state index in [0.29, 0.717) is 12.3 Å². The zero-order chi connectivity index (χ0) is 14.1. The van der Waals surface area contributed by atoms with Crippen LogP contribution in [0, 0.1) is 6.92 Å². The number of benzene rings is 1. The van der Waals surface area contributed by atoms with Crippen molar-refractivity contribution in [3.05, 3.63) is 47.3 Å². The van der Waals surface area contributed by atoms with E-state index in [1.807, 2.05) is 17.9 Å². The third kappa shape index (κ3) is 2.56. The largest absolute Gasteiger partial charge is 0.327 e. The van der Waals surface area contributed by atoms with Crippen molar-refractivity contribution >= 4 is 17.7 Å². The summed E-state index contributed by atoms with van der Waals surface area (Å²) in [5.41, 5.74) is 3.28. The first-order chi connectivity index (χ1) is 9.63. The number of aromatic nitrogens is 3. The lowest BCUT2D eigenvalue weighted by atomic mass is 10.1. The molecule has 20 heavy (non-hydrogen) atoms. The first kappa shape index (κ1) is 13.2. The van der Waals surface area contributed by atoms with Gasteiger partial charge in [-0.25, -0.2) is 4.68 Å². The summed E-state index contributed by atoms with van der Waals surface area (Å²) in [6, 6.07) is 8.37. The molecule has 0 spiro atoms. The van der Waals surface area contributed by atoms with Gasteiger partial charge < -0.3 is 4.90 Å². The van der Waals surface area contributed by atoms with Crippen molar-refractivity contribution in [2.75, 3.05) is 12.8 Å². The van der Waals surface area contributed by atoms with Gasteiger partial charge in [0.25, 0.3) is 0 Å². The summed E-state index contributed by atoms with van der Waals surface area (Å²) >= 11 is 1.59. The van der Waals surface area contributed by atoms with E-state index in [4.69, 9.17) is 0 Å². The fraction of sp³-hybridized carbons (Fsp3) is 0.357. The van der Waals surface area contributed by atoms with Crippen LogP contribution in [-0.2, 0) is 11.3 Å². The number of aryl methyl sites for hydroxylation is 1. The van der Waals surface area contributed by atoms with Gasteiger partial charge in [0.15, 0.2) is 0 Å². The molecule has 1 aliphatic rings. The van der Waals surface area contributed by atoms with Crippen LogP contribution in [0.4, 0.5) is 0 Å². The molecule has 0 bridgehead atoms. The molecule has 1 fully saturated rings. The second-order valence-corrected chi connectivity index (χ2v) is 6.06. The first-order valence-corrected chi connectivity index (χ1v) is 7.51. The van der Waals surface area contributed by atoms with E-state index in [1.165, 1.54) is 11.1 Å². The van der Waals surface area contributed by atoms with Gasteiger partial charge in [-0.2, -0.15) is 0 Å². The highest BCUT2D eigenvalue weighted by atomic mass is 32.2. The van der Waals surface area contributed by atoms with Crippen LogP contribution in [0.5, 0.6) is 0 Å². The summed E-state index contributed by atoms with van der Waals surface area (Å²) in [6.07, 6.45) is 1.92. The second kappa shape index (κ2) is 5.28. The van der Waals surface area contributed by atoms with Crippen LogP contribution in [0.2, 0.25) is 0 Å². The monoisotopic (exact) mass is 288 g/mol. The van der Waals surface area contributed by atoms with Gasteiger partial charge in [0.1, 0.15) is 11.1 Å². The molecule has 3 rings (SSSR count). The molecule has 1 aliphatic heterocycles.